The third-order valence-electron chi connectivity index (χ3n) is 4.75. The van der Waals surface area contributed by atoms with Crippen molar-refractivity contribution in [3.8, 4) is 0 Å². The summed E-state index contributed by atoms with van der Waals surface area (Å²) in [7, 11) is 0. The van der Waals surface area contributed by atoms with Crippen LogP contribution in [0.2, 0.25) is 0 Å². The molecule has 0 aromatic heterocycles. The molecule has 0 radical (unpaired) electrons. The molecule has 2 aliphatic rings. The Kier molecular flexibility index (Phi) is 3.50. The van der Waals surface area contributed by atoms with Gasteiger partial charge in [0, 0.05) is 6.04 Å². The molecular formula is C19H21NO. The van der Waals surface area contributed by atoms with E-state index in [0.29, 0.717) is 12.1 Å². The lowest BCUT2D eigenvalue weighted by molar-refractivity contribution is -0.0312. The summed E-state index contributed by atoms with van der Waals surface area (Å²) in [6.07, 6.45) is 3.80. The molecule has 0 spiro atoms. The maximum absolute atomic E-state index is 6.29. The Morgan fingerprint density at radius 2 is 1.76 bits per heavy atom. The van der Waals surface area contributed by atoms with Crippen LogP contribution in [0, 0.1) is 0 Å². The molecular weight excluding hydrogens is 258 g/mol. The van der Waals surface area contributed by atoms with Gasteiger partial charge in [-0.05, 0) is 36.0 Å². The third kappa shape index (κ3) is 2.50. The van der Waals surface area contributed by atoms with Crippen molar-refractivity contribution in [3.63, 3.8) is 0 Å². The summed E-state index contributed by atoms with van der Waals surface area (Å²) in [4.78, 5) is 0. The van der Waals surface area contributed by atoms with Gasteiger partial charge in [-0.2, -0.15) is 0 Å². The van der Waals surface area contributed by atoms with Crippen LogP contribution in [0.25, 0.3) is 0 Å². The van der Waals surface area contributed by atoms with Crippen LogP contribution in [0.3, 0.4) is 0 Å². The van der Waals surface area contributed by atoms with E-state index in [1.807, 2.05) is 0 Å². The molecule has 2 nitrogen and oxygen atoms in total. The van der Waals surface area contributed by atoms with Crippen LogP contribution in [0.5, 0.6) is 0 Å². The Balaban J connectivity index is 1.60. The number of morpholine rings is 1. The first-order valence-electron chi connectivity index (χ1n) is 7.92. The van der Waals surface area contributed by atoms with Crippen molar-refractivity contribution in [2.75, 3.05) is 6.61 Å². The van der Waals surface area contributed by atoms with Gasteiger partial charge in [0.2, 0.25) is 0 Å². The molecule has 2 aromatic rings. The molecule has 1 N–H and O–H groups in total. The van der Waals surface area contributed by atoms with Gasteiger partial charge in [0.25, 0.3) is 0 Å². The largest absolute Gasteiger partial charge is 0.370 e. The van der Waals surface area contributed by atoms with Crippen LogP contribution in [0.1, 0.15) is 41.7 Å². The SMILES string of the molecule is c1ccc(C2COC3c4ccccc4CCCC3N2)cc1. The minimum Gasteiger partial charge on any atom is -0.370 e. The highest BCUT2D eigenvalue weighted by molar-refractivity contribution is 5.32. The average Bonchev–Trinajstić information content (AvgIpc) is 2.74. The summed E-state index contributed by atoms with van der Waals surface area (Å²) < 4.78 is 6.29. The van der Waals surface area contributed by atoms with Crippen LogP contribution in [0.4, 0.5) is 0 Å². The smallest absolute Gasteiger partial charge is 0.0981 e. The zero-order chi connectivity index (χ0) is 14.1. The highest BCUT2D eigenvalue weighted by atomic mass is 16.5. The second-order valence-corrected chi connectivity index (χ2v) is 6.08. The molecule has 2 heteroatoms. The first-order chi connectivity index (χ1) is 10.4. The molecule has 0 bridgehead atoms. The number of hydrogen-bond acceptors (Lipinski definition) is 2. The van der Waals surface area contributed by atoms with Gasteiger partial charge >= 0.3 is 0 Å². The molecule has 3 unspecified atom stereocenters. The van der Waals surface area contributed by atoms with Gasteiger partial charge in [0.05, 0.1) is 18.8 Å². The third-order valence-corrected chi connectivity index (χ3v) is 4.75. The number of benzene rings is 2. The lowest BCUT2D eigenvalue weighted by Crippen LogP contribution is -2.45. The highest BCUT2D eigenvalue weighted by Gasteiger charge is 2.34. The summed E-state index contributed by atoms with van der Waals surface area (Å²) in [5, 5.41) is 3.83. The van der Waals surface area contributed by atoms with Gasteiger partial charge in [-0.1, -0.05) is 54.6 Å². The molecule has 21 heavy (non-hydrogen) atoms. The Morgan fingerprint density at radius 3 is 2.67 bits per heavy atom. The minimum absolute atomic E-state index is 0.212. The molecule has 0 amide bonds. The Morgan fingerprint density at radius 1 is 0.952 bits per heavy atom. The molecule has 3 atom stereocenters. The summed E-state index contributed by atoms with van der Waals surface area (Å²) >= 11 is 0. The molecule has 1 saturated heterocycles. The lowest BCUT2D eigenvalue weighted by Gasteiger charge is -2.37. The van der Waals surface area contributed by atoms with Crippen molar-refractivity contribution in [1.29, 1.82) is 0 Å². The summed E-state index contributed by atoms with van der Waals surface area (Å²) in [5.74, 6) is 0. The van der Waals surface area contributed by atoms with Crippen LogP contribution in [-0.4, -0.2) is 12.6 Å². The Hall–Kier alpha value is -1.64. The fourth-order valence-corrected chi connectivity index (χ4v) is 3.68. The maximum atomic E-state index is 6.29. The van der Waals surface area contributed by atoms with Crippen LogP contribution in [-0.2, 0) is 11.2 Å². The molecule has 1 heterocycles. The topological polar surface area (TPSA) is 21.3 Å². The Bertz CT molecular complexity index is 610. The van der Waals surface area contributed by atoms with Crippen molar-refractivity contribution in [3.05, 3.63) is 71.3 Å². The first kappa shape index (κ1) is 13.1. The number of ether oxygens (including phenoxy) is 1. The normalized spacial score (nSPS) is 28.3. The van der Waals surface area contributed by atoms with Crippen molar-refractivity contribution in [2.24, 2.45) is 0 Å². The summed E-state index contributed by atoms with van der Waals surface area (Å²) in [5.41, 5.74) is 4.18. The molecule has 1 aliphatic carbocycles. The van der Waals surface area contributed by atoms with E-state index >= 15 is 0 Å². The summed E-state index contributed by atoms with van der Waals surface area (Å²) in [6.45, 7) is 0.750. The number of hydrogen-bond donors (Lipinski definition) is 1. The Labute approximate surface area is 126 Å². The van der Waals surface area contributed by atoms with E-state index in [9.17, 15) is 0 Å². The highest BCUT2D eigenvalue weighted by Crippen LogP contribution is 2.36. The second kappa shape index (κ2) is 5.63. The van der Waals surface area contributed by atoms with E-state index < -0.39 is 0 Å². The van der Waals surface area contributed by atoms with Gasteiger partial charge in [-0.3, -0.25) is 0 Å². The zero-order valence-electron chi connectivity index (χ0n) is 12.2. The van der Waals surface area contributed by atoms with E-state index in [2.05, 4.69) is 59.9 Å². The first-order valence-corrected chi connectivity index (χ1v) is 7.92. The van der Waals surface area contributed by atoms with Gasteiger partial charge in [-0.25, -0.2) is 0 Å². The number of fused-ring (bicyclic) bond motifs is 3. The molecule has 1 fully saturated rings. The standard InChI is InChI=1S/C19H21NO/c1-2-8-15(9-3-1)18-13-21-19-16-11-5-4-7-14(16)10-6-12-17(19)20-18/h1-5,7-9,11,17-20H,6,10,12-13H2. The van der Waals surface area contributed by atoms with E-state index in [1.165, 1.54) is 36.0 Å². The second-order valence-electron chi connectivity index (χ2n) is 6.08. The van der Waals surface area contributed by atoms with Gasteiger partial charge < -0.3 is 10.1 Å². The van der Waals surface area contributed by atoms with Crippen LogP contribution >= 0.6 is 0 Å². The number of rotatable bonds is 1. The van der Waals surface area contributed by atoms with Crippen molar-refractivity contribution in [1.82, 2.24) is 5.32 Å². The summed E-state index contributed by atoms with van der Waals surface area (Å²) in [6, 6.07) is 20.2. The molecule has 2 aromatic carbocycles. The lowest BCUT2D eigenvalue weighted by atomic mass is 9.95. The maximum Gasteiger partial charge on any atom is 0.0981 e. The monoisotopic (exact) mass is 279 g/mol. The molecule has 4 rings (SSSR count). The van der Waals surface area contributed by atoms with Crippen LogP contribution < -0.4 is 5.32 Å². The quantitative estimate of drug-likeness (QED) is 0.857. The predicted molar refractivity (Wildman–Crippen MR) is 84.2 cm³/mol. The van der Waals surface area contributed by atoms with Gasteiger partial charge in [0.1, 0.15) is 0 Å². The van der Waals surface area contributed by atoms with Crippen LogP contribution in [0.15, 0.2) is 54.6 Å². The predicted octanol–water partition coefficient (Wildman–Crippen LogP) is 3.79. The van der Waals surface area contributed by atoms with Crippen molar-refractivity contribution >= 4 is 0 Å². The fourth-order valence-electron chi connectivity index (χ4n) is 3.68. The minimum atomic E-state index is 0.212. The van der Waals surface area contributed by atoms with E-state index in [1.54, 1.807) is 0 Å². The van der Waals surface area contributed by atoms with Gasteiger partial charge in [-0.15, -0.1) is 0 Å². The van der Waals surface area contributed by atoms with Crippen molar-refractivity contribution in [2.45, 2.75) is 37.5 Å². The molecule has 108 valence electrons. The average molecular weight is 279 g/mol. The number of nitrogens with one attached hydrogen (secondary N) is 1. The zero-order valence-corrected chi connectivity index (χ0v) is 12.2. The van der Waals surface area contributed by atoms with Crippen molar-refractivity contribution < 1.29 is 4.74 Å². The van der Waals surface area contributed by atoms with E-state index in [4.69, 9.17) is 4.74 Å². The van der Waals surface area contributed by atoms with E-state index in [0.717, 1.165) is 6.61 Å². The van der Waals surface area contributed by atoms with E-state index in [-0.39, 0.29) is 6.10 Å². The van der Waals surface area contributed by atoms with Gasteiger partial charge in [0.15, 0.2) is 0 Å². The number of aryl methyl sites for hydroxylation is 1. The molecule has 1 aliphatic heterocycles. The fraction of sp³-hybridized carbons (Fsp3) is 0.368. The molecule has 0 saturated carbocycles.